The Bertz CT molecular complexity index is 4200. The van der Waals surface area contributed by atoms with Crippen molar-refractivity contribution < 1.29 is 38.4 Å². The van der Waals surface area contributed by atoms with Gasteiger partial charge in [0.05, 0.1) is 38.4 Å². The molecule has 3 aliphatic heterocycles. The van der Waals surface area contributed by atoms with Gasteiger partial charge in [0, 0.05) is 62.0 Å². The lowest BCUT2D eigenvalue weighted by molar-refractivity contribution is -0.145. The molecule has 3 aromatic heterocycles. The minimum absolute atomic E-state index is 0.0403. The highest BCUT2D eigenvalue weighted by Crippen LogP contribution is 2.35. The van der Waals surface area contributed by atoms with Gasteiger partial charge in [-0.15, -0.1) is 0 Å². The fourth-order valence-electron chi connectivity index (χ4n) is 13.0. The van der Waals surface area contributed by atoms with Crippen LogP contribution in [-0.4, -0.2) is 201 Å². The van der Waals surface area contributed by atoms with Gasteiger partial charge >= 0.3 is 11.9 Å². The number of piperidine rings is 3. The normalized spacial score (nSPS) is 14.3. The van der Waals surface area contributed by atoms with E-state index in [4.69, 9.17) is 59.5 Å². The zero-order chi connectivity index (χ0) is 78.0. The molecule has 3 saturated heterocycles. The smallest absolute Gasteiger partial charge is 0.326 e. The molecule has 4 aromatic carbocycles. The highest BCUT2D eigenvalue weighted by atomic mass is 35.5. The Morgan fingerprint density at radius 2 is 0.822 bits per heavy atom. The van der Waals surface area contributed by atoms with Crippen LogP contribution in [0.3, 0.4) is 0 Å². The number of nitrogens with two attached hydrogens (primary N) is 1. The number of amides is 1. The number of aliphatic carboxylic acids is 1. The van der Waals surface area contributed by atoms with E-state index in [-0.39, 0.29) is 75.6 Å². The molecule has 10 rings (SSSR count). The van der Waals surface area contributed by atoms with Crippen LogP contribution in [0.4, 0.5) is 17.5 Å². The highest BCUT2D eigenvalue weighted by molar-refractivity contribution is 6.32. The summed E-state index contributed by atoms with van der Waals surface area (Å²) >= 11 is 19.9. The Morgan fingerprint density at radius 3 is 1.12 bits per heavy atom. The summed E-state index contributed by atoms with van der Waals surface area (Å²) in [5.74, 6) is 2.52. The van der Waals surface area contributed by atoms with Gasteiger partial charge in [-0.1, -0.05) is 115 Å². The summed E-state index contributed by atoms with van der Waals surface area (Å²) in [5.41, 5.74) is 7.77. The summed E-state index contributed by atoms with van der Waals surface area (Å²) < 4.78 is 25.5. The first-order valence-corrected chi connectivity index (χ1v) is 37.7. The van der Waals surface area contributed by atoms with Crippen LogP contribution in [0.25, 0.3) is 33.8 Å². The van der Waals surface area contributed by atoms with Crippen molar-refractivity contribution in [2.24, 2.45) is 23.5 Å². The number of anilines is 3. The number of nitrogens with one attached hydrogen (secondary N) is 1. The second-order valence-corrected chi connectivity index (χ2v) is 29.7. The van der Waals surface area contributed by atoms with E-state index in [1.807, 2.05) is 97.0 Å². The predicted molar refractivity (Wildman–Crippen MR) is 427 cm³/mol. The standard InChI is InChI=1S/C29H35ClN4O4.C25H36ClN5O3.C22H29ClN4O4.C3H9N/c1-32(2)15-12-21-13-16-33(17-14-21)28-29(36)34(19-25(35)38-20-22-8-5-4-6-9-22)26(27(30)31-28)23-10-7-11-24(18-23)37-3;1-17(2)27-21(32)16-31-22(19-7-6-8-20(15-19)34-5)23(26)28-24(25(31)33)30-13-10-18(11-14-30)9-12-29(3)4;1-25(2)10-7-15-8-11-26(12-9-15)21-22(30)27(14-18(28)29)19(20(23)24-21)16-5-4-6-17(13-16)31-3;1-3(2)4/h4-11,18,21H,12-17,19-20H2,1-3H3;6-8,15,17-18H,9-14,16H2,1-5H3,(H,27,32);4-6,13,15H,7-12,14H2,1-3H3,(H,28,29);3H,4H2,1-2H3. The Morgan fingerprint density at radius 1 is 0.505 bits per heavy atom. The number of carboxylic acid groups (broad SMARTS) is 1. The molecule has 3 fully saturated rings. The number of carbonyl (C=O) groups is 3. The number of methoxy groups -OCH3 is 3. The van der Waals surface area contributed by atoms with Crippen molar-refractivity contribution in [3.05, 3.63) is 155 Å². The molecule has 0 atom stereocenters. The Hall–Kier alpha value is -8.56. The first-order chi connectivity index (χ1) is 51.1. The molecule has 25 nitrogen and oxygen atoms in total. The predicted octanol–water partition coefficient (Wildman–Crippen LogP) is 10.9. The summed E-state index contributed by atoms with van der Waals surface area (Å²) in [5, 5.41) is 12.7. The number of ether oxygens (including phenoxy) is 4. The number of aromatic nitrogens is 6. The van der Waals surface area contributed by atoms with Gasteiger partial charge in [0.25, 0.3) is 16.7 Å². The molecule has 4 N–H and O–H groups in total. The monoisotopic (exact) mass is 1530 g/mol. The minimum Gasteiger partial charge on any atom is -0.497 e. The van der Waals surface area contributed by atoms with Crippen LogP contribution >= 0.6 is 34.8 Å². The van der Waals surface area contributed by atoms with Gasteiger partial charge in [0.1, 0.15) is 43.5 Å². The maximum Gasteiger partial charge on any atom is 0.326 e. The number of carbonyl (C=O) groups excluding carboxylic acids is 2. The number of carboxylic acids is 1. The zero-order valence-corrected chi connectivity index (χ0v) is 66.6. The third kappa shape index (κ3) is 25.8. The van der Waals surface area contributed by atoms with E-state index in [2.05, 4.69) is 77.3 Å². The summed E-state index contributed by atoms with van der Waals surface area (Å²) in [6, 6.07) is 31.1. The number of rotatable bonds is 27. The molecular weight excluding hydrogens is 1430 g/mol. The molecule has 28 heteroatoms. The maximum atomic E-state index is 13.8. The van der Waals surface area contributed by atoms with Crippen molar-refractivity contribution in [1.82, 2.24) is 48.7 Å². The van der Waals surface area contributed by atoms with E-state index in [0.717, 1.165) is 96.1 Å². The van der Waals surface area contributed by atoms with Crippen LogP contribution in [0.1, 0.15) is 91.0 Å². The number of halogens is 3. The highest BCUT2D eigenvalue weighted by Gasteiger charge is 2.31. The van der Waals surface area contributed by atoms with E-state index >= 15 is 0 Å². The van der Waals surface area contributed by atoms with Crippen LogP contribution in [0, 0.1) is 17.8 Å². The number of esters is 1. The van der Waals surface area contributed by atoms with Crippen LogP contribution in [-0.2, 0) is 45.4 Å². The SMILES string of the molecule is CC(C)N.COc1cccc(-c2c(Cl)nc(N3CCC(CCN(C)C)CC3)c(=O)n2CC(=O)NC(C)C)c1.COc1cccc(-c2c(Cl)nc(N3CCC(CCN(C)C)CC3)c(=O)n2CC(=O)O)c1.COc1cccc(-c2c(Cl)nc(N3CCC(CCN(C)C)CC3)c(=O)n2CC(=O)OCc2ccccc2)c1. The Labute approximate surface area is 644 Å². The van der Waals surface area contributed by atoms with Crippen molar-refractivity contribution >= 4 is 70.1 Å². The molecule has 0 spiro atoms. The van der Waals surface area contributed by atoms with Crippen LogP contribution < -0.4 is 56.6 Å². The van der Waals surface area contributed by atoms with Crippen molar-refractivity contribution in [2.75, 3.05) is 137 Å². The van der Waals surface area contributed by atoms with Gasteiger partial charge < -0.3 is 64.5 Å². The van der Waals surface area contributed by atoms with Gasteiger partial charge in [-0.2, -0.15) is 0 Å². The molecule has 582 valence electrons. The van der Waals surface area contributed by atoms with E-state index in [1.165, 1.54) is 20.8 Å². The van der Waals surface area contributed by atoms with Gasteiger partial charge in [-0.25, -0.2) is 15.0 Å². The largest absolute Gasteiger partial charge is 0.497 e. The van der Waals surface area contributed by atoms with E-state index in [1.54, 1.807) is 62.8 Å². The average Bonchev–Trinajstić information content (AvgIpc) is 0.784. The maximum absolute atomic E-state index is 13.8. The lowest BCUT2D eigenvalue weighted by Crippen LogP contribution is -2.42. The average molecular weight is 1540 g/mol. The molecule has 0 aliphatic carbocycles. The fraction of sp³-hybridized carbons (Fsp3) is 0.506. The first-order valence-electron chi connectivity index (χ1n) is 36.6. The lowest BCUT2D eigenvalue weighted by Gasteiger charge is -2.33. The lowest BCUT2D eigenvalue weighted by atomic mass is 9.93. The Kier molecular flexibility index (Phi) is 33.8. The third-order valence-corrected chi connectivity index (χ3v) is 19.4. The number of benzene rings is 4. The second-order valence-electron chi connectivity index (χ2n) is 28.7. The number of hydrogen-bond donors (Lipinski definition) is 3. The fourth-order valence-corrected chi connectivity index (χ4v) is 13.8. The van der Waals surface area contributed by atoms with Crippen LogP contribution in [0.5, 0.6) is 17.2 Å². The minimum atomic E-state index is -1.12. The molecule has 3 aliphatic rings. The molecule has 0 bridgehead atoms. The van der Waals surface area contributed by atoms with Crippen molar-refractivity contribution in [1.29, 1.82) is 0 Å². The van der Waals surface area contributed by atoms with Crippen LogP contribution in [0.2, 0.25) is 15.5 Å². The summed E-state index contributed by atoms with van der Waals surface area (Å²) in [6.45, 7) is 14.3. The van der Waals surface area contributed by atoms with Crippen molar-refractivity contribution in [2.45, 2.75) is 124 Å². The summed E-state index contributed by atoms with van der Waals surface area (Å²) in [6.07, 6.45) is 9.26. The van der Waals surface area contributed by atoms with E-state index in [9.17, 15) is 33.9 Å². The molecular formula is C79H109Cl3N14O11. The summed E-state index contributed by atoms with van der Waals surface area (Å²) in [4.78, 5) is 104. The molecule has 0 radical (unpaired) electrons. The molecule has 0 unspecified atom stereocenters. The molecule has 1 amide bonds. The second kappa shape index (κ2) is 42.3. The number of hydrogen-bond acceptors (Lipinski definition) is 20. The zero-order valence-electron chi connectivity index (χ0n) is 64.4. The van der Waals surface area contributed by atoms with Crippen LogP contribution in [0.15, 0.2) is 118 Å². The summed E-state index contributed by atoms with van der Waals surface area (Å²) in [7, 11) is 17.1. The third-order valence-electron chi connectivity index (χ3n) is 18.6. The molecule has 107 heavy (non-hydrogen) atoms. The molecule has 0 saturated carbocycles. The van der Waals surface area contributed by atoms with Crippen molar-refractivity contribution in [3.8, 4) is 51.0 Å². The topological polar surface area (TPSA) is 271 Å². The Balaban J connectivity index is 0.000000219. The molecule has 7 aromatic rings. The van der Waals surface area contributed by atoms with Crippen molar-refractivity contribution in [3.63, 3.8) is 0 Å². The van der Waals surface area contributed by atoms with Gasteiger partial charge in [-0.05, 0) is 199 Å². The first kappa shape index (κ1) is 85.7. The van der Waals surface area contributed by atoms with E-state index in [0.29, 0.717) is 101 Å². The number of nitrogens with zero attached hydrogens (tertiary/aromatic N) is 12. The van der Waals surface area contributed by atoms with Gasteiger partial charge in [0.2, 0.25) is 5.91 Å². The van der Waals surface area contributed by atoms with E-state index < -0.39 is 24.0 Å². The molecule has 6 heterocycles. The van der Waals surface area contributed by atoms with Gasteiger partial charge in [0.15, 0.2) is 32.9 Å². The quantitative estimate of drug-likeness (QED) is 0.0404. The van der Waals surface area contributed by atoms with Gasteiger partial charge in [-0.3, -0.25) is 42.5 Å².